The monoisotopic (exact) mass is 449 g/mol. The maximum absolute atomic E-state index is 12.7. The van der Waals surface area contributed by atoms with E-state index in [0.29, 0.717) is 37.6 Å². The molecule has 0 unspecified atom stereocenters. The Morgan fingerprint density at radius 2 is 1.53 bits per heavy atom. The molecule has 2 heterocycles. The standard InChI is InChI=1S/C20H23N3O5S2/c24-29(25,23-20-4-2-1-3-12-21-20)17-7-5-16(6-8-17)22-30(26,27)18-9-10-19-15(14-18)11-13-28-19/h5-10,14,22H,1-4,11-13H2,(H,21,23). The first kappa shape index (κ1) is 20.7. The first-order chi connectivity index (χ1) is 14.3. The zero-order valence-corrected chi connectivity index (χ0v) is 17.9. The third-order valence-electron chi connectivity index (χ3n) is 5.01. The zero-order valence-electron chi connectivity index (χ0n) is 16.3. The summed E-state index contributed by atoms with van der Waals surface area (Å²) in [5.41, 5.74) is 1.13. The molecule has 2 N–H and O–H groups in total. The molecule has 2 aromatic rings. The largest absolute Gasteiger partial charge is 0.493 e. The zero-order chi connectivity index (χ0) is 21.2. The second-order valence-electron chi connectivity index (χ2n) is 7.24. The van der Waals surface area contributed by atoms with Gasteiger partial charge < -0.3 is 4.74 Å². The number of anilines is 1. The Balaban J connectivity index is 1.48. The predicted molar refractivity (Wildman–Crippen MR) is 114 cm³/mol. The van der Waals surface area contributed by atoms with Crippen LogP contribution >= 0.6 is 0 Å². The number of nitrogens with zero attached hydrogens (tertiary/aromatic N) is 1. The van der Waals surface area contributed by atoms with E-state index < -0.39 is 20.0 Å². The normalized spacial score (nSPS) is 16.7. The van der Waals surface area contributed by atoms with Gasteiger partial charge in [-0.15, -0.1) is 0 Å². The fourth-order valence-electron chi connectivity index (χ4n) is 3.42. The van der Waals surface area contributed by atoms with Crippen molar-refractivity contribution in [2.75, 3.05) is 17.9 Å². The van der Waals surface area contributed by atoms with Gasteiger partial charge in [0.2, 0.25) is 0 Å². The first-order valence-corrected chi connectivity index (χ1v) is 12.7. The average Bonchev–Trinajstić information content (AvgIpc) is 3.04. The number of sulfonamides is 2. The van der Waals surface area contributed by atoms with Crippen molar-refractivity contribution >= 4 is 31.6 Å². The topological polar surface area (TPSA) is 114 Å². The van der Waals surface area contributed by atoms with Gasteiger partial charge in [0.1, 0.15) is 11.6 Å². The maximum atomic E-state index is 12.7. The molecule has 0 amide bonds. The predicted octanol–water partition coefficient (Wildman–Crippen LogP) is 2.67. The van der Waals surface area contributed by atoms with Gasteiger partial charge in [-0.25, -0.2) is 16.8 Å². The van der Waals surface area contributed by atoms with Crippen molar-refractivity contribution in [3.8, 4) is 5.75 Å². The van der Waals surface area contributed by atoms with Crippen LogP contribution < -0.4 is 14.2 Å². The van der Waals surface area contributed by atoms with Gasteiger partial charge in [0.15, 0.2) is 0 Å². The summed E-state index contributed by atoms with van der Waals surface area (Å²) < 4.78 is 61.0. The van der Waals surface area contributed by atoms with Crippen molar-refractivity contribution in [3.63, 3.8) is 0 Å². The highest BCUT2D eigenvalue weighted by atomic mass is 32.2. The summed E-state index contributed by atoms with van der Waals surface area (Å²) >= 11 is 0. The van der Waals surface area contributed by atoms with E-state index in [1.54, 1.807) is 12.1 Å². The van der Waals surface area contributed by atoms with Gasteiger partial charge in [-0.1, -0.05) is 6.42 Å². The Bertz CT molecular complexity index is 1170. The molecule has 8 nitrogen and oxygen atoms in total. The quantitative estimate of drug-likeness (QED) is 0.728. The lowest BCUT2D eigenvalue weighted by Crippen LogP contribution is -2.30. The Labute approximate surface area is 176 Å². The maximum Gasteiger partial charge on any atom is 0.262 e. The molecule has 0 spiro atoms. The molecular weight excluding hydrogens is 426 g/mol. The number of hydrogen-bond donors (Lipinski definition) is 2. The lowest BCUT2D eigenvalue weighted by atomic mass is 10.2. The highest BCUT2D eigenvalue weighted by molar-refractivity contribution is 7.92. The van der Waals surface area contributed by atoms with Crippen molar-refractivity contribution in [2.45, 2.75) is 41.9 Å². The van der Waals surface area contributed by atoms with Gasteiger partial charge in [-0.05, 0) is 60.9 Å². The molecule has 160 valence electrons. The van der Waals surface area contributed by atoms with Crippen LogP contribution in [0.4, 0.5) is 5.69 Å². The van der Waals surface area contributed by atoms with Crippen LogP contribution in [0.2, 0.25) is 0 Å². The molecule has 0 saturated carbocycles. The second-order valence-corrected chi connectivity index (χ2v) is 10.6. The van der Waals surface area contributed by atoms with Crippen LogP contribution in [0.15, 0.2) is 57.2 Å². The molecule has 4 rings (SSSR count). The molecule has 2 aliphatic rings. The van der Waals surface area contributed by atoms with Crippen LogP contribution in [-0.4, -0.2) is 35.8 Å². The number of ether oxygens (including phenoxy) is 1. The molecule has 0 atom stereocenters. The van der Waals surface area contributed by atoms with E-state index in [0.717, 1.165) is 24.8 Å². The molecule has 2 aliphatic heterocycles. The summed E-state index contributed by atoms with van der Waals surface area (Å²) in [7, 11) is -7.57. The second kappa shape index (κ2) is 8.27. The summed E-state index contributed by atoms with van der Waals surface area (Å²) in [5.74, 6) is 1.17. The fraction of sp³-hybridized carbons (Fsp3) is 0.350. The Kier molecular flexibility index (Phi) is 5.70. The minimum absolute atomic E-state index is 0.0482. The minimum Gasteiger partial charge on any atom is -0.493 e. The molecule has 0 aromatic heterocycles. The van der Waals surface area contributed by atoms with Crippen LogP contribution in [0, 0.1) is 0 Å². The highest BCUT2D eigenvalue weighted by Crippen LogP contribution is 2.28. The summed E-state index contributed by atoms with van der Waals surface area (Å²) in [5, 5.41) is 0. The van der Waals surface area contributed by atoms with Crippen LogP contribution in [-0.2, 0) is 26.5 Å². The molecule has 0 saturated heterocycles. The molecular formula is C20H23N3O5S2. The molecule has 0 radical (unpaired) electrons. The lowest BCUT2D eigenvalue weighted by molar-refractivity contribution is 0.356. The van der Waals surface area contributed by atoms with E-state index in [1.807, 2.05) is 0 Å². The van der Waals surface area contributed by atoms with Gasteiger partial charge in [-0.2, -0.15) is 0 Å². The SMILES string of the molecule is O=S(=O)(NC1=NCCCCC1)c1ccc(NS(=O)(=O)c2ccc3c(c2)CCO3)cc1. The third kappa shape index (κ3) is 4.59. The number of benzene rings is 2. The molecule has 30 heavy (non-hydrogen) atoms. The summed E-state index contributed by atoms with van der Waals surface area (Å²) in [6.07, 6.45) is 4.15. The number of nitrogens with one attached hydrogen (secondary N) is 2. The third-order valence-corrected chi connectivity index (χ3v) is 7.79. The van der Waals surface area contributed by atoms with Crippen LogP contribution in [0.5, 0.6) is 5.75 Å². The Hall–Kier alpha value is -2.59. The van der Waals surface area contributed by atoms with Crippen molar-refractivity contribution in [3.05, 3.63) is 48.0 Å². The van der Waals surface area contributed by atoms with Crippen LogP contribution in [0.3, 0.4) is 0 Å². The summed E-state index contributed by atoms with van der Waals surface area (Å²) in [6.45, 7) is 1.16. The minimum atomic E-state index is -3.80. The van der Waals surface area contributed by atoms with Crippen molar-refractivity contribution in [2.24, 2.45) is 4.99 Å². The number of fused-ring (bicyclic) bond motifs is 1. The number of rotatable bonds is 5. The summed E-state index contributed by atoms with van der Waals surface area (Å²) in [4.78, 5) is 4.47. The number of aliphatic imine (C=N–C) groups is 1. The van der Waals surface area contributed by atoms with Gasteiger partial charge in [-0.3, -0.25) is 14.4 Å². The number of amidine groups is 1. The van der Waals surface area contributed by atoms with Gasteiger partial charge in [0.05, 0.1) is 16.4 Å². The number of hydrogen-bond acceptors (Lipinski definition) is 6. The molecule has 0 bridgehead atoms. The molecule has 0 aliphatic carbocycles. The molecule has 0 fully saturated rings. The summed E-state index contributed by atoms with van der Waals surface area (Å²) in [6, 6.07) is 10.3. The lowest BCUT2D eigenvalue weighted by Gasteiger charge is -2.12. The first-order valence-electron chi connectivity index (χ1n) is 9.78. The molecule has 10 heteroatoms. The van der Waals surface area contributed by atoms with E-state index in [9.17, 15) is 16.8 Å². The van der Waals surface area contributed by atoms with Crippen molar-refractivity contribution in [1.29, 1.82) is 0 Å². The fourth-order valence-corrected chi connectivity index (χ4v) is 5.62. The van der Waals surface area contributed by atoms with E-state index in [2.05, 4.69) is 14.4 Å². The molecule has 2 aromatic carbocycles. The van der Waals surface area contributed by atoms with Crippen molar-refractivity contribution in [1.82, 2.24) is 4.72 Å². The van der Waals surface area contributed by atoms with E-state index in [-0.39, 0.29) is 15.5 Å². The van der Waals surface area contributed by atoms with Crippen molar-refractivity contribution < 1.29 is 21.6 Å². The van der Waals surface area contributed by atoms with Crippen LogP contribution in [0.25, 0.3) is 0 Å². The Morgan fingerprint density at radius 1 is 0.800 bits per heavy atom. The smallest absolute Gasteiger partial charge is 0.262 e. The Morgan fingerprint density at radius 3 is 2.33 bits per heavy atom. The van der Waals surface area contributed by atoms with Gasteiger partial charge in [0, 0.05) is 25.1 Å². The van der Waals surface area contributed by atoms with Crippen LogP contribution in [0.1, 0.15) is 31.2 Å². The van der Waals surface area contributed by atoms with E-state index in [1.165, 1.54) is 30.3 Å². The van der Waals surface area contributed by atoms with E-state index >= 15 is 0 Å². The highest BCUT2D eigenvalue weighted by Gasteiger charge is 2.21. The average molecular weight is 450 g/mol. The van der Waals surface area contributed by atoms with E-state index in [4.69, 9.17) is 4.74 Å². The van der Waals surface area contributed by atoms with Gasteiger partial charge in [0.25, 0.3) is 20.0 Å². The van der Waals surface area contributed by atoms with Gasteiger partial charge >= 0.3 is 0 Å².